The molecule has 0 unspecified atom stereocenters. The second-order valence-electron chi connectivity index (χ2n) is 8.09. The van der Waals surface area contributed by atoms with Gasteiger partial charge in [0, 0.05) is 0 Å². The van der Waals surface area contributed by atoms with Crippen LogP contribution in [0.5, 0.6) is 0 Å². The second kappa shape index (κ2) is 11.5. The third-order valence-corrected chi connectivity index (χ3v) is 7.32. The van der Waals surface area contributed by atoms with Crippen molar-refractivity contribution in [3.05, 3.63) is 92.4 Å². The molecule has 4 rings (SSSR count). The molecule has 0 bridgehead atoms. The highest BCUT2D eigenvalue weighted by molar-refractivity contribution is 8.05. The lowest BCUT2D eigenvalue weighted by Crippen LogP contribution is -1.79. The summed E-state index contributed by atoms with van der Waals surface area (Å²) in [6.07, 6.45) is 15.0. The van der Waals surface area contributed by atoms with E-state index in [0.29, 0.717) is 0 Å². The Bertz CT molecular complexity index is 832. The molecule has 2 aliphatic rings. The summed E-state index contributed by atoms with van der Waals surface area (Å²) >= 11 is 3.62. The number of allylic oxidation sites excluding steroid dienone is 2. The Morgan fingerprint density at radius 2 is 0.867 bits per heavy atom. The molecule has 2 aliphatic carbocycles. The Morgan fingerprint density at radius 1 is 0.500 bits per heavy atom. The highest BCUT2D eigenvalue weighted by Crippen LogP contribution is 2.28. The number of hydrogen-bond acceptors (Lipinski definition) is 2. The first-order chi connectivity index (χ1) is 14.9. The molecule has 0 spiro atoms. The van der Waals surface area contributed by atoms with Gasteiger partial charge in [-0.3, -0.25) is 0 Å². The van der Waals surface area contributed by atoms with E-state index in [9.17, 15) is 0 Å². The van der Waals surface area contributed by atoms with Crippen LogP contribution in [0, 0.1) is 0 Å². The van der Waals surface area contributed by atoms with Crippen LogP contribution in [0.4, 0.5) is 0 Å². The average molecular weight is 431 g/mol. The first-order valence-corrected chi connectivity index (χ1v) is 13.0. The fraction of sp³-hybridized carbons (Fsp3) is 0.286. The van der Waals surface area contributed by atoms with Gasteiger partial charge in [0.25, 0.3) is 0 Å². The zero-order valence-corrected chi connectivity index (χ0v) is 19.2. The van der Waals surface area contributed by atoms with Gasteiger partial charge in [-0.1, -0.05) is 59.7 Å². The van der Waals surface area contributed by atoms with Gasteiger partial charge in [0.05, 0.1) is 0 Å². The molecule has 30 heavy (non-hydrogen) atoms. The van der Waals surface area contributed by atoms with E-state index in [-0.39, 0.29) is 0 Å². The van der Waals surface area contributed by atoms with Crippen molar-refractivity contribution in [2.45, 2.75) is 51.4 Å². The van der Waals surface area contributed by atoms with Gasteiger partial charge in [0.15, 0.2) is 0 Å². The minimum absolute atomic E-state index is 1.25. The monoisotopic (exact) mass is 430 g/mol. The van der Waals surface area contributed by atoms with Crippen molar-refractivity contribution in [1.82, 2.24) is 0 Å². The lowest BCUT2D eigenvalue weighted by Gasteiger charge is -2.03. The smallest absolute Gasteiger partial charge is 0.0184 e. The topological polar surface area (TPSA) is 0 Å². The molecule has 0 nitrogen and oxygen atoms in total. The quantitative estimate of drug-likeness (QED) is 0.429. The predicted molar refractivity (Wildman–Crippen MR) is 138 cm³/mol. The first kappa shape index (κ1) is 21.3. The van der Waals surface area contributed by atoms with Gasteiger partial charge >= 0.3 is 0 Å². The summed E-state index contributed by atoms with van der Waals surface area (Å²) in [7, 11) is 0. The van der Waals surface area contributed by atoms with E-state index in [1.807, 2.05) is 23.5 Å². The zero-order chi connectivity index (χ0) is 20.4. The third kappa shape index (κ3) is 6.55. The van der Waals surface area contributed by atoms with Crippen LogP contribution in [-0.4, -0.2) is 0 Å². The van der Waals surface area contributed by atoms with Crippen molar-refractivity contribution < 1.29 is 0 Å². The summed E-state index contributed by atoms with van der Waals surface area (Å²) in [5, 5.41) is 9.06. The van der Waals surface area contributed by atoms with Gasteiger partial charge < -0.3 is 0 Å². The summed E-state index contributed by atoms with van der Waals surface area (Å²) in [4.78, 5) is 0. The normalized spacial score (nSPS) is 16.8. The molecule has 154 valence electrons. The summed E-state index contributed by atoms with van der Waals surface area (Å²) < 4.78 is 0. The molecule has 0 saturated heterocycles. The van der Waals surface area contributed by atoms with Gasteiger partial charge in [0.1, 0.15) is 0 Å². The molecule has 0 aliphatic heterocycles. The van der Waals surface area contributed by atoms with E-state index in [1.54, 1.807) is 11.1 Å². The van der Waals surface area contributed by atoms with Crippen LogP contribution in [0.15, 0.2) is 81.3 Å². The molecule has 2 aromatic carbocycles. The second-order valence-corrected chi connectivity index (χ2v) is 9.65. The number of rotatable bonds is 7. The van der Waals surface area contributed by atoms with Crippen molar-refractivity contribution in [2.24, 2.45) is 0 Å². The minimum atomic E-state index is 1.25. The maximum Gasteiger partial charge on any atom is -0.0184 e. The third-order valence-electron chi connectivity index (χ3n) is 5.79. The highest BCUT2D eigenvalue weighted by Gasteiger charge is 2.05. The Hall–Kier alpha value is -1.90. The van der Waals surface area contributed by atoms with Crippen LogP contribution in [0.1, 0.15) is 62.5 Å². The van der Waals surface area contributed by atoms with Crippen LogP contribution in [-0.2, 0) is 0 Å². The van der Waals surface area contributed by atoms with Gasteiger partial charge in [-0.25, -0.2) is 0 Å². The molecule has 2 fully saturated rings. The molecule has 0 N–H and O–H groups in total. The molecule has 0 amide bonds. The average Bonchev–Trinajstić information content (AvgIpc) is 3.50. The number of hydrogen-bond donors (Lipinski definition) is 0. The maximum atomic E-state index is 2.33. The maximum absolute atomic E-state index is 2.33. The van der Waals surface area contributed by atoms with Gasteiger partial charge in [-0.2, -0.15) is 0 Å². The zero-order valence-electron chi connectivity index (χ0n) is 17.6. The van der Waals surface area contributed by atoms with Crippen molar-refractivity contribution in [3.63, 3.8) is 0 Å². The van der Waals surface area contributed by atoms with Gasteiger partial charge in [-0.05, 0) is 107 Å². The van der Waals surface area contributed by atoms with Crippen LogP contribution in [0.2, 0.25) is 0 Å². The van der Waals surface area contributed by atoms with Crippen LogP contribution >= 0.6 is 23.5 Å². The van der Waals surface area contributed by atoms with Crippen molar-refractivity contribution >= 4 is 35.7 Å². The van der Waals surface area contributed by atoms with E-state index < -0.39 is 0 Å². The molecule has 2 saturated carbocycles. The Morgan fingerprint density at radius 3 is 1.23 bits per heavy atom. The minimum Gasteiger partial charge on any atom is -0.106 e. The van der Waals surface area contributed by atoms with Gasteiger partial charge in [0.2, 0.25) is 0 Å². The molecule has 0 aromatic heterocycles. The SMILES string of the molecule is C(S/C=C/c1ccc(-c2ccc(/C=C/SC=C3CCCC3)cc2)cc1)=C1CCCC1. The van der Waals surface area contributed by atoms with E-state index >= 15 is 0 Å². The summed E-state index contributed by atoms with van der Waals surface area (Å²) in [5.41, 5.74) is 8.27. The van der Waals surface area contributed by atoms with Crippen molar-refractivity contribution in [1.29, 1.82) is 0 Å². The molecule has 0 radical (unpaired) electrons. The fourth-order valence-electron chi connectivity index (χ4n) is 3.97. The molecular formula is C28H30S2. The lowest BCUT2D eigenvalue weighted by atomic mass is 10.0. The van der Waals surface area contributed by atoms with Crippen LogP contribution in [0.25, 0.3) is 23.3 Å². The van der Waals surface area contributed by atoms with E-state index in [4.69, 9.17) is 0 Å². The van der Waals surface area contributed by atoms with Gasteiger partial charge in [-0.15, -0.1) is 23.5 Å². The first-order valence-electron chi connectivity index (χ1n) is 11.1. The van der Waals surface area contributed by atoms with Crippen LogP contribution in [0.3, 0.4) is 0 Å². The summed E-state index contributed by atoms with van der Waals surface area (Å²) in [5.74, 6) is 0. The Labute approximate surface area is 190 Å². The van der Waals surface area contributed by atoms with E-state index in [1.165, 1.54) is 73.6 Å². The highest BCUT2D eigenvalue weighted by atomic mass is 32.2. The lowest BCUT2D eigenvalue weighted by molar-refractivity contribution is 0.886. The Balaban J connectivity index is 1.29. The summed E-state index contributed by atoms with van der Waals surface area (Å²) in [6, 6.07) is 17.7. The molecule has 0 atom stereocenters. The molecule has 2 aromatic rings. The summed E-state index contributed by atoms with van der Waals surface area (Å²) in [6.45, 7) is 0. The van der Waals surface area contributed by atoms with Crippen LogP contribution < -0.4 is 0 Å². The molecule has 0 heterocycles. The number of benzene rings is 2. The fourth-order valence-corrected chi connectivity index (χ4v) is 5.46. The number of thioether (sulfide) groups is 2. The predicted octanol–water partition coefficient (Wildman–Crippen LogP) is 9.68. The molecule has 2 heteroatoms. The molecular weight excluding hydrogens is 400 g/mol. The van der Waals surface area contributed by atoms with E-state index in [2.05, 4.69) is 82.3 Å². The van der Waals surface area contributed by atoms with Crippen molar-refractivity contribution in [2.75, 3.05) is 0 Å². The largest absolute Gasteiger partial charge is 0.106 e. The van der Waals surface area contributed by atoms with E-state index in [0.717, 1.165) is 0 Å². The Kier molecular flexibility index (Phi) is 8.17. The van der Waals surface area contributed by atoms with Crippen molar-refractivity contribution in [3.8, 4) is 11.1 Å². The standard InChI is InChI=1S/C28H30S2/c1-2-6-25(5-1)21-29-19-17-23-9-13-27(14-10-23)28-15-11-24(12-16-28)18-20-30-22-26-7-3-4-8-26/h9-22H,1-8H2/b19-17+,20-18+.